The van der Waals surface area contributed by atoms with Gasteiger partial charge in [0.25, 0.3) is 5.56 Å². The summed E-state index contributed by atoms with van der Waals surface area (Å²) in [4.78, 5) is 39.5. The fourth-order valence-electron chi connectivity index (χ4n) is 3.90. The molecule has 0 radical (unpaired) electrons. The maximum Gasteiger partial charge on any atom is 0.328 e. The largest absolute Gasteiger partial charge is 0.375 e. The number of rotatable bonds is 5. The average Bonchev–Trinajstić information content (AvgIpc) is 3.34. The second kappa shape index (κ2) is 6.76. The molecule has 1 amide bonds. The van der Waals surface area contributed by atoms with Gasteiger partial charge in [-0.05, 0) is 25.2 Å². The van der Waals surface area contributed by atoms with Crippen LogP contribution in [-0.4, -0.2) is 58.2 Å². The number of ether oxygens (including phenoxy) is 1. The summed E-state index contributed by atoms with van der Waals surface area (Å²) in [6.07, 6.45) is 5.49. The molecule has 8 nitrogen and oxygen atoms in total. The van der Waals surface area contributed by atoms with Crippen molar-refractivity contribution >= 4 is 5.91 Å². The third-order valence-corrected chi connectivity index (χ3v) is 5.43. The van der Waals surface area contributed by atoms with Gasteiger partial charge >= 0.3 is 5.69 Å². The Labute approximate surface area is 145 Å². The molecule has 3 fully saturated rings. The second-order valence-electron chi connectivity index (χ2n) is 7.37. The normalized spacial score (nSPS) is 29.4. The molecule has 2 saturated heterocycles. The van der Waals surface area contributed by atoms with Crippen LogP contribution in [0.1, 0.15) is 25.7 Å². The van der Waals surface area contributed by atoms with Crippen LogP contribution in [0.2, 0.25) is 0 Å². The first-order chi connectivity index (χ1) is 12.1. The predicted octanol–water partition coefficient (Wildman–Crippen LogP) is -0.705. The summed E-state index contributed by atoms with van der Waals surface area (Å²) in [6, 6.07) is 1.83. The lowest BCUT2D eigenvalue weighted by molar-refractivity contribution is -0.121. The van der Waals surface area contributed by atoms with Crippen LogP contribution in [0.5, 0.6) is 0 Å². The molecule has 8 heteroatoms. The molecule has 1 aromatic heterocycles. The highest BCUT2D eigenvalue weighted by Gasteiger charge is 2.42. The molecular formula is C17H24N4O4. The van der Waals surface area contributed by atoms with Gasteiger partial charge in [0.2, 0.25) is 5.91 Å². The minimum absolute atomic E-state index is 0.0670. The molecule has 3 heterocycles. The van der Waals surface area contributed by atoms with E-state index in [1.54, 1.807) is 0 Å². The Morgan fingerprint density at radius 2 is 2.16 bits per heavy atom. The van der Waals surface area contributed by atoms with Crippen LogP contribution in [0.25, 0.3) is 0 Å². The van der Waals surface area contributed by atoms with Crippen molar-refractivity contribution in [3.8, 4) is 0 Å². The molecular weight excluding hydrogens is 324 g/mol. The lowest BCUT2D eigenvalue weighted by atomic mass is 10.1. The predicted molar refractivity (Wildman–Crippen MR) is 90.3 cm³/mol. The Morgan fingerprint density at radius 1 is 1.32 bits per heavy atom. The van der Waals surface area contributed by atoms with Crippen molar-refractivity contribution in [1.29, 1.82) is 0 Å². The minimum atomic E-state index is -0.485. The first-order valence-electron chi connectivity index (χ1n) is 9.03. The zero-order valence-electron chi connectivity index (χ0n) is 14.1. The van der Waals surface area contributed by atoms with Crippen LogP contribution in [0.3, 0.4) is 0 Å². The van der Waals surface area contributed by atoms with E-state index in [0.29, 0.717) is 12.1 Å². The van der Waals surface area contributed by atoms with Gasteiger partial charge in [-0.1, -0.05) is 0 Å². The van der Waals surface area contributed by atoms with E-state index in [0.717, 1.165) is 32.0 Å². The monoisotopic (exact) mass is 348 g/mol. The number of nitrogens with one attached hydrogen (secondary N) is 2. The van der Waals surface area contributed by atoms with Gasteiger partial charge in [-0.3, -0.25) is 19.5 Å². The highest BCUT2D eigenvalue weighted by molar-refractivity contribution is 5.76. The number of aromatic nitrogens is 2. The van der Waals surface area contributed by atoms with Crippen LogP contribution in [-0.2, 0) is 16.1 Å². The fraction of sp³-hybridized carbons (Fsp3) is 0.706. The highest BCUT2D eigenvalue weighted by atomic mass is 16.5. The maximum atomic E-state index is 12.2. The summed E-state index contributed by atoms with van der Waals surface area (Å²) in [5, 5.41) is 3.07. The van der Waals surface area contributed by atoms with Crippen molar-refractivity contribution in [2.45, 2.75) is 50.4 Å². The Hall–Kier alpha value is -1.93. The van der Waals surface area contributed by atoms with Crippen molar-refractivity contribution in [2.24, 2.45) is 5.92 Å². The first-order valence-corrected chi connectivity index (χ1v) is 9.03. The van der Waals surface area contributed by atoms with E-state index in [1.807, 2.05) is 0 Å². The molecule has 136 valence electrons. The van der Waals surface area contributed by atoms with E-state index in [9.17, 15) is 14.4 Å². The summed E-state index contributed by atoms with van der Waals surface area (Å²) < 4.78 is 7.32. The number of fused-ring (bicyclic) bond motifs is 1. The number of carbonyl (C=O) groups is 1. The minimum Gasteiger partial charge on any atom is -0.375 e. The van der Waals surface area contributed by atoms with Crippen LogP contribution in [0.4, 0.5) is 0 Å². The molecule has 3 atom stereocenters. The van der Waals surface area contributed by atoms with Crippen molar-refractivity contribution in [3.63, 3.8) is 0 Å². The van der Waals surface area contributed by atoms with Crippen LogP contribution >= 0.6 is 0 Å². The van der Waals surface area contributed by atoms with Crippen molar-refractivity contribution < 1.29 is 9.53 Å². The molecule has 1 aliphatic carbocycles. The molecule has 0 spiro atoms. The van der Waals surface area contributed by atoms with Gasteiger partial charge in [0.1, 0.15) is 0 Å². The summed E-state index contributed by atoms with van der Waals surface area (Å²) in [7, 11) is 0. The Kier molecular flexibility index (Phi) is 4.47. The third kappa shape index (κ3) is 3.85. The second-order valence-corrected chi connectivity index (χ2v) is 7.37. The summed E-state index contributed by atoms with van der Waals surface area (Å²) in [5.41, 5.74) is -0.915. The van der Waals surface area contributed by atoms with E-state index in [-0.39, 0.29) is 24.9 Å². The maximum absolute atomic E-state index is 12.2. The molecule has 25 heavy (non-hydrogen) atoms. The fourth-order valence-corrected chi connectivity index (χ4v) is 3.90. The molecule has 0 unspecified atom stereocenters. The lowest BCUT2D eigenvalue weighted by Gasteiger charge is -2.35. The number of nitrogens with zero attached hydrogens (tertiary/aromatic N) is 2. The molecule has 2 N–H and O–H groups in total. The van der Waals surface area contributed by atoms with Crippen molar-refractivity contribution in [1.82, 2.24) is 19.8 Å². The smallest absolute Gasteiger partial charge is 0.328 e. The van der Waals surface area contributed by atoms with Crippen LogP contribution in [0, 0.1) is 5.92 Å². The number of aryl methyl sites for hydroxylation is 1. The number of amides is 1. The van der Waals surface area contributed by atoms with Gasteiger partial charge in [-0.15, -0.1) is 0 Å². The summed E-state index contributed by atoms with van der Waals surface area (Å²) >= 11 is 0. The Bertz CT molecular complexity index is 754. The summed E-state index contributed by atoms with van der Waals surface area (Å²) in [5.74, 6) is 0.674. The van der Waals surface area contributed by atoms with Crippen molar-refractivity contribution in [2.75, 3.05) is 19.7 Å². The molecule has 1 aromatic rings. The standard InChI is InChI=1S/C17H24N4O4/c22-15(3-5-20-6-4-16(23)19-17(20)24)18-12-7-13-10-25-14(11-1-2-11)9-21(13)8-12/h4,6,11-14H,1-3,5,7-10H2,(H,18,22)(H,19,23,24)/t12-,13+,14-/m1/s1. The van der Waals surface area contributed by atoms with E-state index in [2.05, 4.69) is 15.2 Å². The van der Waals surface area contributed by atoms with Crippen LogP contribution < -0.4 is 16.6 Å². The van der Waals surface area contributed by atoms with Gasteiger partial charge in [-0.2, -0.15) is 0 Å². The van der Waals surface area contributed by atoms with Crippen molar-refractivity contribution in [3.05, 3.63) is 33.1 Å². The van der Waals surface area contributed by atoms with Gasteiger partial charge < -0.3 is 14.6 Å². The number of hydrogen-bond acceptors (Lipinski definition) is 5. The van der Waals surface area contributed by atoms with E-state index >= 15 is 0 Å². The Morgan fingerprint density at radius 3 is 2.92 bits per heavy atom. The number of hydrogen-bond donors (Lipinski definition) is 2. The van der Waals surface area contributed by atoms with Crippen LogP contribution in [0.15, 0.2) is 21.9 Å². The molecule has 0 aromatic carbocycles. The summed E-state index contributed by atoms with van der Waals surface area (Å²) in [6.45, 7) is 2.88. The molecule has 3 aliphatic rings. The topological polar surface area (TPSA) is 96.4 Å². The molecule has 4 rings (SSSR count). The third-order valence-electron chi connectivity index (χ3n) is 5.43. The Balaban J connectivity index is 1.25. The van der Waals surface area contributed by atoms with Gasteiger partial charge in [-0.25, -0.2) is 4.79 Å². The SMILES string of the molecule is O=C(CCn1ccc(=O)[nH]c1=O)N[C@@H]1C[C@H]2CO[C@@H](C3CC3)CN2C1. The first kappa shape index (κ1) is 16.5. The van der Waals surface area contributed by atoms with Gasteiger partial charge in [0, 0.05) is 50.4 Å². The number of aromatic amines is 1. The van der Waals surface area contributed by atoms with E-state index in [1.165, 1.54) is 29.7 Å². The van der Waals surface area contributed by atoms with Gasteiger partial charge in [0.05, 0.1) is 12.7 Å². The average molecular weight is 348 g/mol. The molecule has 1 saturated carbocycles. The lowest BCUT2D eigenvalue weighted by Crippen LogP contribution is -2.47. The number of H-pyrrole nitrogens is 1. The highest BCUT2D eigenvalue weighted by Crippen LogP contribution is 2.37. The van der Waals surface area contributed by atoms with Gasteiger partial charge in [0.15, 0.2) is 0 Å². The zero-order valence-corrected chi connectivity index (χ0v) is 14.1. The zero-order chi connectivity index (χ0) is 17.4. The number of morpholine rings is 1. The number of carbonyl (C=O) groups excluding carboxylic acids is 1. The quantitative estimate of drug-likeness (QED) is 0.733. The van der Waals surface area contributed by atoms with E-state index in [4.69, 9.17) is 4.74 Å². The van der Waals surface area contributed by atoms with E-state index < -0.39 is 11.2 Å². The molecule has 2 aliphatic heterocycles. The molecule has 0 bridgehead atoms.